The summed E-state index contributed by atoms with van der Waals surface area (Å²) in [5.74, 6) is 0.504. The van der Waals surface area contributed by atoms with Crippen LogP contribution in [0.5, 0.6) is 0 Å². The van der Waals surface area contributed by atoms with Gasteiger partial charge in [-0.1, -0.05) is 56.5 Å². The summed E-state index contributed by atoms with van der Waals surface area (Å²) >= 11 is 0. The molecule has 0 spiro atoms. The first-order valence-corrected chi connectivity index (χ1v) is 7.09. The van der Waals surface area contributed by atoms with Gasteiger partial charge in [0.1, 0.15) is 0 Å². The number of amides is 1. The van der Waals surface area contributed by atoms with E-state index >= 15 is 0 Å². The van der Waals surface area contributed by atoms with Crippen LogP contribution >= 0.6 is 0 Å². The van der Waals surface area contributed by atoms with Gasteiger partial charge in [0.25, 0.3) is 0 Å². The smallest absolute Gasteiger partial charge is 0.223 e. The molecule has 0 atom stereocenters. The van der Waals surface area contributed by atoms with E-state index in [9.17, 15) is 4.79 Å². The van der Waals surface area contributed by atoms with Crippen LogP contribution in [0.15, 0.2) is 24.3 Å². The first-order chi connectivity index (χ1) is 8.75. The van der Waals surface area contributed by atoms with Gasteiger partial charge in [-0.25, -0.2) is 0 Å². The largest absolute Gasteiger partial charge is 0.352 e. The van der Waals surface area contributed by atoms with Gasteiger partial charge in [-0.3, -0.25) is 4.79 Å². The summed E-state index contributed by atoms with van der Waals surface area (Å²) in [6, 6.07) is 8.28. The number of nitrogens with one attached hydrogen (secondary N) is 1. The van der Waals surface area contributed by atoms with Crippen LogP contribution in [0.2, 0.25) is 0 Å². The highest BCUT2D eigenvalue weighted by atomic mass is 16.1. The van der Waals surface area contributed by atoms with E-state index in [0.29, 0.717) is 6.54 Å². The molecule has 1 aromatic rings. The molecule has 100 valence electrons. The zero-order valence-electron chi connectivity index (χ0n) is 11.8. The highest BCUT2D eigenvalue weighted by molar-refractivity contribution is 5.78. The van der Waals surface area contributed by atoms with Crippen LogP contribution in [-0.2, 0) is 11.3 Å². The lowest BCUT2D eigenvalue weighted by Gasteiger charge is -2.10. The summed E-state index contributed by atoms with van der Waals surface area (Å²) < 4.78 is 0. The Kier molecular flexibility index (Phi) is 6.48. The molecule has 18 heavy (non-hydrogen) atoms. The molecule has 1 aliphatic rings. The molecule has 1 amide bonds. The Balaban J connectivity index is 0.000000771. The van der Waals surface area contributed by atoms with E-state index in [-0.39, 0.29) is 11.8 Å². The van der Waals surface area contributed by atoms with Crippen molar-refractivity contribution in [3.63, 3.8) is 0 Å². The van der Waals surface area contributed by atoms with Gasteiger partial charge >= 0.3 is 0 Å². The van der Waals surface area contributed by atoms with Gasteiger partial charge in [0.2, 0.25) is 5.91 Å². The molecule has 2 heteroatoms. The van der Waals surface area contributed by atoms with Gasteiger partial charge in [0.15, 0.2) is 0 Å². The van der Waals surface area contributed by atoms with Crippen LogP contribution in [0.3, 0.4) is 0 Å². The molecule has 0 unspecified atom stereocenters. The molecule has 1 saturated carbocycles. The molecule has 0 heterocycles. The van der Waals surface area contributed by atoms with E-state index in [1.165, 1.54) is 24.0 Å². The molecule has 1 fully saturated rings. The molecule has 0 aliphatic heterocycles. The van der Waals surface area contributed by atoms with E-state index in [1.54, 1.807) is 0 Å². The fourth-order valence-electron chi connectivity index (χ4n) is 2.34. The molecule has 2 nitrogen and oxygen atoms in total. The molecule has 2 rings (SSSR count). The van der Waals surface area contributed by atoms with Gasteiger partial charge < -0.3 is 5.32 Å². The number of rotatable bonds is 3. The average molecular weight is 247 g/mol. The Hall–Kier alpha value is -1.31. The standard InChI is InChI=1S/C14H19NO.C2H6/c1-11-5-4-6-12(9-11)10-15-14(16)13-7-2-3-8-13;1-2/h4-6,9,13H,2-3,7-8,10H2,1H3,(H,15,16);1-2H3. The number of aryl methyl sites for hydroxylation is 1. The summed E-state index contributed by atoms with van der Waals surface area (Å²) in [6.07, 6.45) is 4.56. The van der Waals surface area contributed by atoms with Crippen LogP contribution in [0.4, 0.5) is 0 Å². The summed E-state index contributed by atoms with van der Waals surface area (Å²) in [4.78, 5) is 11.8. The molecule has 1 aromatic carbocycles. The minimum Gasteiger partial charge on any atom is -0.352 e. The highest BCUT2D eigenvalue weighted by Gasteiger charge is 2.21. The predicted molar refractivity (Wildman–Crippen MR) is 76.3 cm³/mol. The summed E-state index contributed by atoms with van der Waals surface area (Å²) in [6.45, 7) is 6.74. The van der Waals surface area contributed by atoms with E-state index < -0.39 is 0 Å². The van der Waals surface area contributed by atoms with E-state index in [4.69, 9.17) is 0 Å². The molecular formula is C16H25NO. The Morgan fingerprint density at radius 1 is 1.28 bits per heavy atom. The number of benzene rings is 1. The van der Waals surface area contributed by atoms with Crippen LogP contribution in [0, 0.1) is 12.8 Å². The third kappa shape index (κ3) is 4.52. The summed E-state index contributed by atoms with van der Waals surface area (Å²) in [7, 11) is 0. The van der Waals surface area contributed by atoms with Gasteiger partial charge in [-0.15, -0.1) is 0 Å². The summed E-state index contributed by atoms with van der Waals surface area (Å²) in [5, 5.41) is 3.03. The maximum Gasteiger partial charge on any atom is 0.223 e. The van der Waals surface area contributed by atoms with Crippen molar-refractivity contribution < 1.29 is 4.79 Å². The van der Waals surface area contributed by atoms with Gasteiger partial charge in [0, 0.05) is 12.5 Å². The quantitative estimate of drug-likeness (QED) is 0.864. The normalized spacial score (nSPS) is 14.8. The second kappa shape index (κ2) is 7.91. The lowest BCUT2D eigenvalue weighted by molar-refractivity contribution is -0.124. The van der Waals surface area contributed by atoms with E-state index in [2.05, 4.69) is 30.4 Å². The first-order valence-electron chi connectivity index (χ1n) is 7.09. The average Bonchev–Trinajstić information content (AvgIpc) is 2.92. The Morgan fingerprint density at radius 3 is 2.56 bits per heavy atom. The number of carbonyl (C=O) groups excluding carboxylic acids is 1. The number of carbonyl (C=O) groups is 1. The van der Waals surface area contributed by atoms with Crippen LogP contribution < -0.4 is 5.32 Å². The van der Waals surface area contributed by atoms with Crippen molar-refractivity contribution in [2.75, 3.05) is 0 Å². The van der Waals surface area contributed by atoms with Crippen molar-refractivity contribution in [2.24, 2.45) is 5.92 Å². The van der Waals surface area contributed by atoms with Crippen molar-refractivity contribution in [1.29, 1.82) is 0 Å². The van der Waals surface area contributed by atoms with Crippen molar-refractivity contribution in [3.8, 4) is 0 Å². The highest BCUT2D eigenvalue weighted by Crippen LogP contribution is 2.24. The monoisotopic (exact) mass is 247 g/mol. The van der Waals surface area contributed by atoms with Crippen molar-refractivity contribution >= 4 is 5.91 Å². The Morgan fingerprint density at radius 2 is 1.94 bits per heavy atom. The summed E-state index contributed by atoms with van der Waals surface area (Å²) in [5.41, 5.74) is 2.43. The number of hydrogen-bond acceptors (Lipinski definition) is 1. The fraction of sp³-hybridized carbons (Fsp3) is 0.562. The van der Waals surface area contributed by atoms with Crippen molar-refractivity contribution in [2.45, 2.75) is 53.0 Å². The maximum absolute atomic E-state index is 11.8. The van der Waals surface area contributed by atoms with Crippen molar-refractivity contribution in [3.05, 3.63) is 35.4 Å². The van der Waals surface area contributed by atoms with Crippen molar-refractivity contribution in [1.82, 2.24) is 5.32 Å². The second-order valence-corrected chi connectivity index (χ2v) is 4.69. The third-order valence-electron chi connectivity index (χ3n) is 3.28. The number of hydrogen-bond donors (Lipinski definition) is 1. The molecule has 0 saturated heterocycles. The zero-order chi connectivity index (χ0) is 13.4. The lowest BCUT2D eigenvalue weighted by atomic mass is 10.1. The zero-order valence-corrected chi connectivity index (χ0v) is 11.8. The molecule has 0 bridgehead atoms. The lowest BCUT2D eigenvalue weighted by Crippen LogP contribution is -2.28. The maximum atomic E-state index is 11.8. The Bertz CT molecular complexity index is 367. The van der Waals surface area contributed by atoms with E-state index in [1.807, 2.05) is 19.9 Å². The predicted octanol–water partition coefficient (Wildman–Crippen LogP) is 3.83. The molecular weight excluding hydrogens is 222 g/mol. The van der Waals surface area contributed by atoms with E-state index in [0.717, 1.165) is 12.8 Å². The topological polar surface area (TPSA) is 29.1 Å². The molecule has 0 radical (unpaired) electrons. The van der Waals surface area contributed by atoms with Crippen LogP contribution in [0.1, 0.15) is 50.7 Å². The van der Waals surface area contributed by atoms with Crippen LogP contribution in [0.25, 0.3) is 0 Å². The fourth-order valence-corrected chi connectivity index (χ4v) is 2.34. The van der Waals surface area contributed by atoms with Gasteiger partial charge in [0.05, 0.1) is 0 Å². The molecule has 0 aromatic heterocycles. The van der Waals surface area contributed by atoms with Gasteiger partial charge in [-0.2, -0.15) is 0 Å². The second-order valence-electron chi connectivity index (χ2n) is 4.69. The SMILES string of the molecule is CC.Cc1cccc(CNC(=O)C2CCCC2)c1. The molecule has 1 aliphatic carbocycles. The minimum atomic E-state index is 0.235. The van der Waals surface area contributed by atoms with Gasteiger partial charge in [-0.05, 0) is 25.3 Å². The Labute approximate surface area is 111 Å². The van der Waals surface area contributed by atoms with Crippen LogP contribution in [-0.4, -0.2) is 5.91 Å². The third-order valence-corrected chi connectivity index (χ3v) is 3.28. The first kappa shape index (κ1) is 14.7. The molecule has 1 N–H and O–H groups in total. The minimum absolute atomic E-state index is 0.235.